The number of hydrogen-bond donors (Lipinski definition) is 1. The summed E-state index contributed by atoms with van der Waals surface area (Å²) in [6.45, 7) is 6.47. The minimum absolute atomic E-state index is 0.0347. The molecule has 0 aromatic carbocycles. The van der Waals surface area contributed by atoms with E-state index >= 15 is 0 Å². The fourth-order valence-corrected chi connectivity index (χ4v) is 2.61. The summed E-state index contributed by atoms with van der Waals surface area (Å²) in [5.41, 5.74) is 0.404. The van der Waals surface area contributed by atoms with Crippen LogP contribution in [0.1, 0.15) is 43.5 Å². The number of piperidine rings is 1. The fourth-order valence-electron chi connectivity index (χ4n) is 2.61. The van der Waals surface area contributed by atoms with Gasteiger partial charge in [0.05, 0.1) is 11.2 Å². The molecule has 1 amide bonds. The van der Waals surface area contributed by atoms with Gasteiger partial charge < -0.3 is 15.0 Å². The molecule has 5 heteroatoms. The molecule has 1 aliphatic rings. The van der Waals surface area contributed by atoms with E-state index in [1.807, 2.05) is 17.0 Å². The summed E-state index contributed by atoms with van der Waals surface area (Å²) < 4.78 is 5.54. The Morgan fingerprint density at radius 1 is 1.52 bits per heavy atom. The van der Waals surface area contributed by atoms with Crippen LogP contribution in [-0.4, -0.2) is 48.1 Å². The number of hydrogen-bond acceptors (Lipinski definition) is 4. The number of rotatable bonds is 5. The molecule has 5 nitrogen and oxygen atoms in total. The third-order valence-corrected chi connectivity index (χ3v) is 4.01. The summed E-state index contributed by atoms with van der Waals surface area (Å²) >= 11 is 0. The van der Waals surface area contributed by atoms with Crippen molar-refractivity contribution in [2.45, 2.75) is 38.7 Å². The quantitative estimate of drug-likeness (QED) is 0.906. The molecule has 0 spiro atoms. The van der Waals surface area contributed by atoms with E-state index in [1.54, 1.807) is 13.3 Å². The van der Waals surface area contributed by atoms with Gasteiger partial charge in [-0.2, -0.15) is 0 Å². The molecule has 0 aliphatic carbocycles. The average Bonchev–Trinajstić information content (AvgIpc) is 2.53. The number of anilines is 1. The Kier molecular flexibility index (Phi) is 5.17. The highest BCUT2D eigenvalue weighted by atomic mass is 16.5. The summed E-state index contributed by atoms with van der Waals surface area (Å²) in [7, 11) is 1.71. The van der Waals surface area contributed by atoms with Crippen LogP contribution in [0.4, 0.5) is 5.82 Å². The Hall–Kier alpha value is -1.62. The molecule has 1 aliphatic heterocycles. The largest absolute Gasteiger partial charge is 0.377 e. The molecule has 1 unspecified atom stereocenters. The number of nitrogens with zero attached hydrogens (tertiary/aromatic N) is 2. The van der Waals surface area contributed by atoms with Crippen molar-refractivity contribution in [1.29, 1.82) is 0 Å². The minimum atomic E-state index is -0.232. The summed E-state index contributed by atoms with van der Waals surface area (Å²) in [6.07, 6.45) is 4.66. The summed E-state index contributed by atoms with van der Waals surface area (Å²) in [5.74, 6) is 0.848. The van der Waals surface area contributed by atoms with Crippen LogP contribution in [-0.2, 0) is 4.74 Å². The molecule has 116 valence electrons. The van der Waals surface area contributed by atoms with Crippen molar-refractivity contribution < 1.29 is 9.53 Å². The van der Waals surface area contributed by atoms with Crippen molar-refractivity contribution in [3.63, 3.8) is 0 Å². The molecule has 1 saturated heterocycles. The van der Waals surface area contributed by atoms with E-state index in [0.29, 0.717) is 12.1 Å². The van der Waals surface area contributed by atoms with Crippen LogP contribution in [0, 0.1) is 0 Å². The lowest BCUT2D eigenvalue weighted by Gasteiger charge is -2.39. The van der Waals surface area contributed by atoms with Crippen molar-refractivity contribution in [2.75, 3.05) is 32.1 Å². The lowest BCUT2D eigenvalue weighted by atomic mass is 9.94. The number of pyridine rings is 1. The van der Waals surface area contributed by atoms with E-state index in [9.17, 15) is 4.79 Å². The predicted molar refractivity (Wildman–Crippen MR) is 83.6 cm³/mol. The van der Waals surface area contributed by atoms with E-state index in [4.69, 9.17) is 4.74 Å². The lowest BCUT2D eigenvalue weighted by molar-refractivity contribution is -0.0440. The molecule has 1 aromatic rings. The molecule has 2 rings (SSSR count). The highest BCUT2D eigenvalue weighted by Gasteiger charge is 2.33. The summed E-state index contributed by atoms with van der Waals surface area (Å²) in [5, 5.41) is 3.21. The maximum Gasteiger partial charge on any atom is 0.255 e. The monoisotopic (exact) mass is 291 g/mol. The molecule has 1 N–H and O–H groups in total. The molecule has 0 radical (unpaired) electrons. The highest BCUT2D eigenvalue weighted by molar-refractivity contribution is 5.94. The topological polar surface area (TPSA) is 54.5 Å². The van der Waals surface area contributed by atoms with Gasteiger partial charge in [0, 0.05) is 32.9 Å². The molecule has 0 saturated carbocycles. The first-order valence-electron chi connectivity index (χ1n) is 7.62. The SMILES string of the molecule is CCCNc1ccc(C(=O)N2CCCC(C)(OC)C2)cn1. The molecule has 0 bridgehead atoms. The van der Waals surface area contributed by atoms with E-state index in [-0.39, 0.29) is 11.5 Å². The van der Waals surface area contributed by atoms with Crippen molar-refractivity contribution in [1.82, 2.24) is 9.88 Å². The van der Waals surface area contributed by atoms with Gasteiger partial charge in [0.2, 0.25) is 0 Å². The van der Waals surface area contributed by atoms with Gasteiger partial charge in [-0.3, -0.25) is 4.79 Å². The molecule has 21 heavy (non-hydrogen) atoms. The van der Waals surface area contributed by atoms with Gasteiger partial charge >= 0.3 is 0 Å². The second-order valence-corrected chi connectivity index (χ2v) is 5.84. The highest BCUT2D eigenvalue weighted by Crippen LogP contribution is 2.25. The van der Waals surface area contributed by atoms with Gasteiger partial charge in [-0.15, -0.1) is 0 Å². The van der Waals surface area contributed by atoms with Crippen LogP contribution in [0.15, 0.2) is 18.3 Å². The maximum atomic E-state index is 12.5. The van der Waals surface area contributed by atoms with Crippen molar-refractivity contribution in [3.05, 3.63) is 23.9 Å². The molecule has 2 heterocycles. The van der Waals surface area contributed by atoms with E-state index < -0.39 is 0 Å². The zero-order valence-electron chi connectivity index (χ0n) is 13.2. The van der Waals surface area contributed by atoms with E-state index in [1.165, 1.54) is 0 Å². The number of likely N-dealkylation sites (tertiary alicyclic amines) is 1. The number of carbonyl (C=O) groups is 1. The van der Waals surface area contributed by atoms with Gasteiger partial charge in [-0.1, -0.05) is 6.92 Å². The Morgan fingerprint density at radius 2 is 2.33 bits per heavy atom. The number of aromatic nitrogens is 1. The Balaban J connectivity index is 2.02. The first kappa shape index (κ1) is 15.8. The zero-order chi connectivity index (χ0) is 15.3. The van der Waals surface area contributed by atoms with Gasteiger partial charge in [0.1, 0.15) is 5.82 Å². The van der Waals surface area contributed by atoms with Crippen LogP contribution in [0.2, 0.25) is 0 Å². The standard InChI is InChI=1S/C16H25N3O2/c1-4-9-17-14-7-6-13(11-18-14)15(20)19-10-5-8-16(2,12-19)21-3/h6-7,11H,4-5,8-10,12H2,1-3H3,(H,17,18). The molecular formula is C16H25N3O2. The van der Waals surface area contributed by atoms with Crippen LogP contribution in [0.5, 0.6) is 0 Å². The van der Waals surface area contributed by atoms with E-state index in [2.05, 4.69) is 24.1 Å². The number of ether oxygens (including phenoxy) is 1. The molecule has 1 aromatic heterocycles. The lowest BCUT2D eigenvalue weighted by Crippen LogP contribution is -2.49. The van der Waals surface area contributed by atoms with Gasteiger partial charge in [-0.25, -0.2) is 4.98 Å². The van der Waals surface area contributed by atoms with Crippen molar-refractivity contribution >= 4 is 11.7 Å². The van der Waals surface area contributed by atoms with Crippen molar-refractivity contribution in [3.8, 4) is 0 Å². The average molecular weight is 291 g/mol. The molecule has 1 fully saturated rings. The normalized spacial score (nSPS) is 22.1. The number of methoxy groups -OCH3 is 1. The van der Waals surface area contributed by atoms with Gasteiger partial charge in [0.25, 0.3) is 5.91 Å². The first-order chi connectivity index (χ1) is 10.1. The number of nitrogens with one attached hydrogen (secondary N) is 1. The van der Waals surface area contributed by atoms with Gasteiger partial charge in [-0.05, 0) is 38.3 Å². The fraction of sp³-hybridized carbons (Fsp3) is 0.625. The Morgan fingerprint density at radius 3 is 2.95 bits per heavy atom. The smallest absolute Gasteiger partial charge is 0.255 e. The minimum Gasteiger partial charge on any atom is -0.377 e. The Labute approximate surface area is 126 Å². The van der Waals surface area contributed by atoms with Crippen LogP contribution < -0.4 is 5.32 Å². The third-order valence-electron chi connectivity index (χ3n) is 4.01. The summed E-state index contributed by atoms with van der Waals surface area (Å²) in [4.78, 5) is 18.7. The second-order valence-electron chi connectivity index (χ2n) is 5.84. The number of carbonyl (C=O) groups excluding carboxylic acids is 1. The van der Waals surface area contributed by atoms with Gasteiger partial charge in [0.15, 0.2) is 0 Å². The maximum absolute atomic E-state index is 12.5. The van der Waals surface area contributed by atoms with E-state index in [0.717, 1.165) is 38.2 Å². The summed E-state index contributed by atoms with van der Waals surface area (Å²) in [6, 6.07) is 3.70. The van der Waals surface area contributed by atoms with Crippen LogP contribution in [0.25, 0.3) is 0 Å². The Bertz CT molecular complexity index is 475. The van der Waals surface area contributed by atoms with Crippen LogP contribution >= 0.6 is 0 Å². The molecule has 1 atom stereocenters. The predicted octanol–water partition coefficient (Wildman–Crippen LogP) is 2.54. The number of amides is 1. The third kappa shape index (κ3) is 3.94. The van der Waals surface area contributed by atoms with Crippen LogP contribution in [0.3, 0.4) is 0 Å². The first-order valence-corrected chi connectivity index (χ1v) is 7.62. The zero-order valence-corrected chi connectivity index (χ0v) is 13.2. The second kappa shape index (κ2) is 6.89. The molecular weight excluding hydrogens is 266 g/mol. The van der Waals surface area contributed by atoms with Crippen molar-refractivity contribution in [2.24, 2.45) is 0 Å².